The highest BCUT2D eigenvalue weighted by atomic mass is 14.4. The van der Waals surface area contributed by atoms with Crippen molar-refractivity contribution in [2.75, 3.05) is 0 Å². The first-order valence-corrected chi connectivity index (χ1v) is 16.6. The molecule has 1 aliphatic carbocycles. The molecule has 10 rings (SSSR count). The maximum absolute atomic E-state index is 2.49. The van der Waals surface area contributed by atoms with Gasteiger partial charge in [-0.05, 0) is 117 Å². The van der Waals surface area contributed by atoms with E-state index in [2.05, 4.69) is 172 Å². The zero-order valence-corrected chi connectivity index (χ0v) is 26.5. The summed E-state index contributed by atoms with van der Waals surface area (Å²) in [5.41, 5.74) is 10.6. The van der Waals surface area contributed by atoms with Gasteiger partial charge in [0.25, 0.3) is 0 Å². The minimum Gasteiger partial charge on any atom is -0.0622 e. The monoisotopic (exact) mass is 596 g/mol. The van der Waals surface area contributed by atoms with Gasteiger partial charge in [0.2, 0.25) is 0 Å². The van der Waals surface area contributed by atoms with Crippen LogP contribution in [0.2, 0.25) is 0 Å². The molecule has 0 aliphatic heterocycles. The summed E-state index contributed by atoms with van der Waals surface area (Å²) in [6.45, 7) is 4.83. The van der Waals surface area contributed by atoms with E-state index in [4.69, 9.17) is 0 Å². The average molecular weight is 597 g/mol. The Hall–Kier alpha value is -5.72. The molecule has 0 spiro atoms. The minimum absolute atomic E-state index is 0.130. The average Bonchev–Trinajstić information content (AvgIpc) is 3.35. The highest BCUT2D eigenvalue weighted by Crippen LogP contribution is 2.55. The Kier molecular flexibility index (Phi) is 5.44. The lowest BCUT2D eigenvalue weighted by atomic mass is 9.79. The van der Waals surface area contributed by atoms with E-state index in [9.17, 15) is 0 Å². The van der Waals surface area contributed by atoms with E-state index in [1.165, 1.54) is 98.4 Å². The van der Waals surface area contributed by atoms with E-state index in [0.717, 1.165) is 0 Å². The van der Waals surface area contributed by atoms with E-state index in [-0.39, 0.29) is 5.41 Å². The first-order valence-electron chi connectivity index (χ1n) is 16.6. The summed E-state index contributed by atoms with van der Waals surface area (Å²) in [7, 11) is 0. The lowest BCUT2D eigenvalue weighted by Crippen LogP contribution is -2.15. The zero-order chi connectivity index (χ0) is 31.3. The van der Waals surface area contributed by atoms with Gasteiger partial charge in [-0.1, -0.05) is 153 Å². The summed E-state index contributed by atoms with van der Waals surface area (Å²) in [5, 5.41) is 13.1. The minimum atomic E-state index is -0.130. The van der Waals surface area contributed by atoms with E-state index in [1.807, 2.05) is 0 Å². The third-order valence-corrected chi connectivity index (χ3v) is 10.8. The predicted molar refractivity (Wildman–Crippen MR) is 202 cm³/mol. The van der Waals surface area contributed by atoms with Crippen LogP contribution in [0.4, 0.5) is 0 Å². The van der Waals surface area contributed by atoms with Gasteiger partial charge in [0.1, 0.15) is 0 Å². The molecule has 9 aromatic rings. The van der Waals surface area contributed by atoms with Gasteiger partial charge in [-0.25, -0.2) is 0 Å². The molecule has 0 nitrogen and oxygen atoms in total. The number of rotatable bonds is 2. The van der Waals surface area contributed by atoms with Crippen LogP contribution in [0, 0.1) is 0 Å². The van der Waals surface area contributed by atoms with Crippen LogP contribution in [-0.4, -0.2) is 0 Å². The summed E-state index contributed by atoms with van der Waals surface area (Å²) >= 11 is 0. The molecule has 0 heteroatoms. The van der Waals surface area contributed by atoms with Gasteiger partial charge in [0.05, 0.1) is 0 Å². The quantitative estimate of drug-likeness (QED) is 0.138. The van der Waals surface area contributed by atoms with E-state index in [0.29, 0.717) is 0 Å². The molecule has 0 saturated heterocycles. The molecule has 0 bridgehead atoms. The Morgan fingerprint density at radius 3 is 1.40 bits per heavy atom. The van der Waals surface area contributed by atoms with Gasteiger partial charge in [-0.2, -0.15) is 0 Å². The van der Waals surface area contributed by atoms with Crippen molar-refractivity contribution in [1.82, 2.24) is 0 Å². The van der Waals surface area contributed by atoms with Gasteiger partial charge in [-0.3, -0.25) is 0 Å². The molecule has 0 unspecified atom stereocenters. The van der Waals surface area contributed by atoms with Gasteiger partial charge in [0.15, 0.2) is 0 Å². The van der Waals surface area contributed by atoms with Crippen molar-refractivity contribution < 1.29 is 0 Å². The highest BCUT2D eigenvalue weighted by molar-refractivity contribution is 6.22. The number of benzene rings is 9. The molecule has 0 fully saturated rings. The van der Waals surface area contributed by atoms with Crippen molar-refractivity contribution in [3.63, 3.8) is 0 Å². The second kappa shape index (κ2) is 9.64. The lowest BCUT2D eigenvalue weighted by molar-refractivity contribution is 0.667. The summed E-state index contributed by atoms with van der Waals surface area (Å²) in [5.74, 6) is 0. The van der Waals surface area contributed by atoms with E-state index < -0.39 is 0 Å². The fourth-order valence-electron chi connectivity index (χ4n) is 8.74. The van der Waals surface area contributed by atoms with Gasteiger partial charge in [-0.15, -0.1) is 0 Å². The van der Waals surface area contributed by atoms with Crippen LogP contribution in [0.5, 0.6) is 0 Å². The molecule has 0 aromatic heterocycles. The Morgan fingerprint density at radius 1 is 0.340 bits per heavy atom. The van der Waals surface area contributed by atoms with Crippen molar-refractivity contribution in [2.45, 2.75) is 19.3 Å². The van der Waals surface area contributed by atoms with Crippen LogP contribution in [-0.2, 0) is 5.41 Å². The van der Waals surface area contributed by atoms with Gasteiger partial charge in [0, 0.05) is 5.41 Å². The third-order valence-electron chi connectivity index (χ3n) is 10.8. The molecule has 0 atom stereocenters. The van der Waals surface area contributed by atoms with Gasteiger partial charge < -0.3 is 0 Å². The van der Waals surface area contributed by atoms with E-state index >= 15 is 0 Å². The fourth-order valence-corrected chi connectivity index (χ4v) is 8.74. The number of fused-ring (bicyclic) bond motifs is 11. The summed E-state index contributed by atoms with van der Waals surface area (Å²) in [4.78, 5) is 0. The molecule has 9 aromatic carbocycles. The Labute approximate surface area is 274 Å². The first-order chi connectivity index (χ1) is 23.1. The molecule has 0 amide bonds. The zero-order valence-electron chi connectivity index (χ0n) is 26.5. The predicted octanol–water partition coefficient (Wildman–Crippen LogP) is 13.1. The molecule has 220 valence electrons. The SMILES string of the molecule is CC1(C)c2cc3cc(-c4c5ccccc5c(-c5ccccc5)c5ccccc45)ccc3cc2-c2c1c1ccccc1c1ccccc21. The molecule has 0 radical (unpaired) electrons. The van der Waals surface area contributed by atoms with Crippen LogP contribution >= 0.6 is 0 Å². The molecule has 0 saturated carbocycles. The van der Waals surface area contributed by atoms with Crippen LogP contribution < -0.4 is 0 Å². The van der Waals surface area contributed by atoms with Crippen LogP contribution in [0.25, 0.3) is 87.2 Å². The highest BCUT2D eigenvalue weighted by Gasteiger charge is 2.38. The standard InChI is InChI=1S/C47H32/c1-47(2)42-28-32-26-31(44-38-21-11-9-19-36(38)43(29-14-4-3-5-15-29)37-20-10-12-22-39(37)44)25-24-30(32)27-41(42)45-35-18-8-6-16-33(35)34-17-7-13-23-40(34)46(45)47/h3-28H,1-2H3. The maximum Gasteiger partial charge on any atom is 0.0165 e. The van der Waals surface area contributed by atoms with Crippen molar-refractivity contribution in [2.24, 2.45) is 0 Å². The molecule has 1 aliphatic rings. The Morgan fingerprint density at radius 2 is 0.809 bits per heavy atom. The van der Waals surface area contributed by atoms with Crippen molar-refractivity contribution in [3.8, 4) is 33.4 Å². The maximum atomic E-state index is 2.49. The van der Waals surface area contributed by atoms with E-state index in [1.54, 1.807) is 0 Å². The second-order valence-electron chi connectivity index (χ2n) is 13.6. The van der Waals surface area contributed by atoms with Crippen LogP contribution in [0.3, 0.4) is 0 Å². The van der Waals surface area contributed by atoms with Crippen molar-refractivity contribution >= 4 is 53.9 Å². The van der Waals surface area contributed by atoms with Crippen molar-refractivity contribution in [3.05, 3.63) is 169 Å². The second-order valence-corrected chi connectivity index (χ2v) is 13.6. The molecule has 0 N–H and O–H groups in total. The summed E-state index contributed by atoms with van der Waals surface area (Å²) < 4.78 is 0. The van der Waals surface area contributed by atoms with Crippen LogP contribution in [0.1, 0.15) is 25.0 Å². The summed E-state index contributed by atoms with van der Waals surface area (Å²) in [6.07, 6.45) is 0. The normalized spacial score (nSPS) is 13.5. The molecular formula is C47H32. The number of hydrogen-bond donors (Lipinski definition) is 0. The van der Waals surface area contributed by atoms with Crippen molar-refractivity contribution in [1.29, 1.82) is 0 Å². The molecular weight excluding hydrogens is 565 g/mol. The van der Waals surface area contributed by atoms with Crippen LogP contribution in [0.15, 0.2) is 158 Å². The Bertz CT molecular complexity index is 2690. The summed E-state index contributed by atoms with van der Waals surface area (Å²) in [6, 6.07) is 58.7. The Balaban J connectivity index is 1.25. The third kappa shape index (κ3) is 3.64. The lowest BCUT2D eigenvalue weighted by Gasteiger charge is -2.24. The van der Waals surface area contributed by atoms with Gasteiger partial charge >= 0.3 is 0 Å². The topological polar surface area (TPSA) is 0 Å². The molecule has 0 heterocycles. The first kappa shape index (κ1) is 26.5. The molecule has 47 heavy (non-hydrogen) atoms. The number of hydrogen-bond acceptors (Lipinski definition) is 0. The largest absolute Gasteiger partial charge is 0.0622 e. The fraction of sp³-hybridized carbons (Fsp3) is 0.0638. The smallest absolute Gasteiger partial charge is 0.0165 e.